The van der Waals surface area contributed by atoms with Crippen molar-refractivity contribution in [3.05, 3.63) is 29.8 Å². The van der Waals surface area contributed by atoms with Crippen LogP contribution in [0.1, 0.15) is 45.1 Å². The van der Waals surface area contributed by atoms with E-state index in [-0.39, 0.29) is 0 Å². The fourth-order valence-electron chi connectivity index (χ4n) is 4.07. The quantitative estimate of drug-likeness (QED) is 0.843. The highest BCUT2D eigenvalue weighted by atomic mass is 16.5. The third-order valence-electron chi connectivity index (χ3n) is 5.06. The second-order valence-corrected chi connectivity index (χ2v) is 6.96. The summed E-state index contributed by atoms with van der Waals surface area (Å²) in [5.74, 6) is 3.55. The zero-order valence-electron chi connectivity index (χ0n) is 14.1. The van der Waals surface area contributed by atoms with E-state index in [1.54, 1.807) is 7.11 Å². The summed E-state index contributed by atoms with van der Waals surface area (Å²) < 4.78 is 5.22. The number of benzene rings is 1. The molecule has 1 N–H and O–H groups in total. The van der Waals surface area contributed by atoms with Gasteiger partial charge < -0.3 is 10.1 Å². The maximum atomic E-state index is 5.22. The normalized spacial score (nSPS) is 27.3. The average Bonchev–Trinajstić information content (AvgIpc) is 2.47. The summed E-state index contributed by atoms with van der Waals surface area (Å²) in [7, 11) is 3.85. The molecule has 0 spiro atoms. The topological polar surface area (TPSA) is 21.3 Å². The SMILES string of the molecule is CNC(CCc1ccc(OC)cc1)C1CC(C)CC(C)C1. The molecule has 1 saturated carbocycles. The van der Waals surface area contributed by atoms with E-state index in [2.05, 4.69) is 50.5 Å². The van der Waals surface area contributed by atoms with Gasteiger partial charge in [-0.1, -0.05) is 26.0 Å². The van der Waals surface area contributed by atoms with Gasteiger partial charge in [0.05, 0.1) is 7.11 Å². The van der Waals surface area contributed by atoms with E-state index in [0.717, 1.165) is 29.9 Å². The van der Waals surface area contributed by atoms with Crippen LogP contribution in [0.15, 0.2) is 24.3 Å². The van der Waals surface area contributed by atoms with Crippen molar-refractivity contribution in [1.29, 1.82) is 0 Å². The van der Waals surface area contributed by atoms with Crippen molar-refractivity contribution in [2.45, 2.75) is 52.0 Å². The molecule has 1 aromatic carbocycles. The Morgan fingerprint density at radius 1 is 1.10 bits per heavy atom. The highest BCUT2D eigenvalue weighted by Crippen LogP contribution is 2.35. The van der Waals surface area contributed by atoms with Crippen LogP contribution < -0.4 is 10.1 Å². The molecule has 2 rings (SSSR count). The van der Waals surface area contributed by atoms with E-state index in [9.17, 15) is 0 Å². The molecule has 1 fully saturated rings. The molecule has 0 amide bonds. The van der Waals surface area contributed by atoms with E-state index in [1.165, 1.54) is 31.2 Å². The summed E-state index contributed by atoms with van der Waals surface area (Å²) in [5, 5.41) is 3.58. The average molecular weight is 289 g/mol. The molecule has 0 saturated heterocycles. The molecule has 1 aromatic rings. The van der Waals surface area contributed by atoms with Crippen molar-refractivity contribution in [3.8, 4) is 5.75 Å². The molecule has 0 bridgehead atoms. The maximum Gasteiger partial charge on any atom is 0.118 e. The van der Waals surface area contributed by atoms with Crippen LogP contribution in [0.3, 0.4) is 0 Å². The number of methoxy groups -OCH3 is 1. The first-order chi connectivity index (χ1) is 10.1. The Morgan fingerprint density at radius 3 is 2.24 bits per heavy atom. The van der Waals surface area contributed by atoms with Crippen LogP contribution in [-0.2, 0) is 6.42 Å². The van der Waals surface area contributed by atoms with E-state index in [0.29, 0.717) is 6.04 Å². The highest BCUT2D eigenvalue weighted by Gasteiger charge is 2.28. The van der Waals surface area contributed by atoms with Crippen LogP contribution >= 0.6 is 0 Å². The minimum atomic E-state index is 0.650. The Labute approximate surface area is 130 Å². The summed E-state index contributed by atoms with van der Waals surface area (Å²) in [4.78, 5) is 0. The van der Waals surface area contributed by atoms with Crippen LogP contribution in [0.2, 0.25) is 0 Å². The second-order valence-electron chi connectivity index (χ2n) is 6.96. The maximum absolute atomic E-state index is 5.22. The van der Waals surface area contributed by atoms with Crippen molar-refractivity contribution in [1.82, 2.24) is 5.32 Å². The molecule has 1 aliphatic rings. The zero-order chi connectivity index (χ0) is 15.2. The standard InChI is InChI=1S/C19H31NO/c1-14-11-15(2)13-17(12-14)19(20-3)10-7-16-5-8-18(21-4)9-6-16/h5-6,8-9,14-15,17,19-20H,7,10-13H2,1-4H3. The first-order valence-electron chi connectivity index (χ1n) is 8.42. The summed E-state index contributed by atoms with van der Waals surface area (Å²) in [6, 6.07) is 9.16. The monoisotopic (exact) mass is 289 g/mol. The minimum Gasteiger partial charge on any atom is -0.497 e. The molecule has 0 heterocycles. The smallest absolute Gasteiger partial charge is 0.118 e. The van der Waals surface area contributed by atoms with E-state index < -0.39 is 0 Å². The number of hydrogen-bond donors (Lipinski definition) is 1. The van der Waals surface area contributed by atoms with Crippen LogP contribution in [0.25, 0.3) is 0 Å². The predicted octanol–water partition coefficient (Wildman–Crippen LogP) is 4.29. The van der Waals surface area contributed by atoms with Crippen molar-refractivity contribution < 1.29 is 4.74 Å². The molecular formula is C19H31NO. The summed E-state index contributed by atoms with van der Waals surface area (Å²) in [6.07, 6.45) is 6.56. The summed E-state index contributed by atoms with van der Waals surface area (Å²) >= 11 is 0. The van der Waals surface area contributed by atoms with Crippen molar-refractivity contribution in [2.24, 2.45) is 17.8 Å². The van der Waals surface area contributed by atoms with E-state index in [1.807, 2.05) is 0 Å². The van der Waals surface area contributed by atoms with Gasteiger partial charge in [-0.2, -0.15) is 0 Å². The van der Waals surface area contributed by atoms with Crippen molar-refractivity contribution >= 4 is 0 Å². The van der Waals surface area contributed by atoms with Gasteiger partial charge in [-0.15, -0.1) is 0 Å². The van der Waals surface area contributed by atoms with E-state index in [4.69, 9.17) is 4.74 Å². The van der Waals surface area contributed by atoms with Gasteiger partial charge in [0.1, 0.15) is 5.75 Å². The fraction of sp³-hybridized carbons (Fsp3) is 0.684. The van der Waals surface area contributed by atoms with Crippen LogP contribution in [0.5, 0.6) is 5.75 Å². The Balaban J connectivity index is 1.89. The molecule has 0 radical (unpaired) electrons. The van der Waals surface area contributed by atoms with Crippen LogP contribution in [0.4, 0.5) is 0 Å². The molecule has 2 heteroatoms. The Morgan fingerprint density at radius 2 is 1.71 bits per heavy atom. The third kappa shape index (κ3) is 4.74. The van der Waals surface area contributed by atoms with Crippen molar-refractivity contribution in [2.75, 3.05) is 14.2 Å². The molecule has 118 valence electrons. The highest BCUT2D eigenvalue weighted by molar-refractivity contribution is 5.27. The summed E-state index contributed by atoms with van der Waals surface area (Å²) in [5.41, 5.74) is 1.41. The van der Waals surface area contributed by atoms with Gasteiger partial charge in [-0.05, 0) is 74.6 Å². The van der Waals surface area contributed by atoms with Gasteiger partial charge in [-0.25, -0.2) is 0 Å². The van der Waals surface area contributed by atoms with Crippen molar-refractivity contribution in [3.63, 3.8) is 0 Å². The molecule has 0 aromatic heterocycles. The molecule has 3 atom stereocenters. The van der Waals surface area contributed by atoms with Gasteiger partial charge in [-0.3, -0.25) is 0 Å². The molecular weight excluding hydrogens is 258 g/mol. The lowest BCUT2D eigenvalue weighted by atomic mass is 9.73. The van der Waals surface area contributed by atoms with Crippen LogP contribution in [0, 0.1) is 17.8 Å². The number of nitrogens with one attached hydrogen (secondary N) is 1. The minimum absolute atomic E-state index is 0.650. The lowest BCUT2D eigenvalue weighted by molar-refractivity contribution is 0.175. The first-order valence-corrected chi connectivity index (χ1v) is 8.42. The van der Waals surface area contributed by atoms with Crippen LogP contribution in [-0.4, -0.2) is 20.2 Å². The van der Waals surface area contributed by atoms with Gasteiger partial charge in [0.15, 0.2) is 0 Å². The van der Waals surface area contributed by atoms with E-state index >= 15 is 0 Å². The molecule has 0 aliphatic heterocycles. The van der Waals surface area contributed by atoms with Gasteiger partial charge in [0.2, 0.25) is 0 Å². The Kier molecular flexibility index (Phi) is 6.10. The Bertz CT molecular complexity index is 404. The Hall–Kier alpha value is -1.02. The van der Waals surface area contributed by atoms with Gasteiger partial charge in [0.25, 0.3) is 0 Å². The summed E-state index contributed by atoms with van der Waals surface area (Å²) in [6.45, 7) is 4.83. The molecule has 1 aliphatic carbocycles. The zero-order valence-corrected chi connectivity index (χ0v) is 14.1. The van der Waals surface area contributed by atoms with Gasteiger partial charge >= 0.3 is 0 Å². The molecule has 21 heavy (non-hydrogen) atoms. The third-order valence-corrected chi connectivity index (χ3v) is 5.06. The predicted molar refractivity (Wildman–Crippen MR) is 89.8 cm³/mol. The molecule has 3 unspecified atom stereocenters. The number of ether oxygens (including phenoxy) is 1. The fourth-order valence-corrected chi connectivity index (χ4v) is 4.07. The largest absolute Gasteiger partial charge is 0.497 e. The number of rotatable bonds is 6. The second kappa shape index (κ2) is 7.84. The van der Waals surface area contributed by atoms with Gasteiger partial charge in [0, 0.05) is 6.04 Å². The lowest BCUT2D eigenvalue weighted by Gasteiger charge is -2.36. The number of aryl methyl sites for hydroxylation is 1. The first kappa shape index (κ1) is 16.4. The molecule has 2 nitrogen and oxygen atoms in total. The number of hydrogen-bond acceptors (Lipinski definition) is 2. The lowest BCUT2D eigenvalue weighted by Crippen LogP contribution is -2.38.